The van der Waals surface area contributed by atoms with Crippen LogP contribution >= 0.6 is 0 Å². The summed E-state index contributed by atoms with van der Waals surface area (Å²) >= 11 is 0. The predicted molar refractivity (Wildman–Crippen MR) is 39.5 cm³/mol. The van der Waals surface area contributed by atoms with Crippen LogP contribution in [0, 0.1) is 5.92 Å². The van der Waals surface area contributed by atoms with Crippen LogP contribution in [0.15, 0.2) is 11.8 Å². The molecule has 58 valence electrons. The summed E-state index contributed by atoms with van der Waals surface area (Å²) in [5.74, 6) is 1.54. The lowest BCUT2D eigenvalue weighted by molar-refractivity contribution is 0.194. The fraction of sp³-hybridized carbons (Fsp3) is 0.750. The highest BCUT2D eigenvalue weighted by atomic mass is 16.5. The van der Waals surface area contributed by atoms with Crippen LogP contribution in [0.1, 0.15) is 19.3 Å². The third kappa shape index (κ3) is 1.74. The quantitative estimate of drug-likeness (QED) is 0.630. The van der Waals surface area contributed by atoms with E-state index >= 15 is 0 Å². The van der Waals surface area contributed by atoms with E-state index in [2.05, 4.69) is 6.08 Å². The number of hydrogen-bond acceptors (Lipinski definition) is 2. The summed E-state index contributed by atoms with van der Waals surface area (Å²) in [6, 6.07) is 0. The molecular weight excluding hydrogens is 128 g/mol. The van der Waals surface area contributed by atoms with Gasteiger partial charge in [-0.3, -0.25) is 0 Å². The van der Waals surface area contributed by atoms with Gasteiger partial charge in [-0.1, -0.05) is 0 Å². The zero-order valence-electron chi connectivity index (χ0n) is 6.34. The second kappa shape index (κ2) is 3.62. The Morgan fingerprint density at radius 3 is 3.00 bits per heavy atom. The van der Waals surface area contributed by atoms with Crippen molar-refractivity contribution in [1.82, 2.24) is 0 Å². The highest BCUT2D eigenvalue weighted by Gasteiger charge is 2.12. The van der Waals surface area contributed by atoms with Crippen LogP contribution in [0.2, 0.25) is 0 Å². The van der Waals surface area contributed by atoms with Gasteiger partial charge in [0, 0.05) is 13.0 Å². The Morgan fingerprint density at radius 2 is 2.60 bits per heavy atom. The minimum atomic E-state index is 0.313. The van der Waals surface area contributed by atoms with Crippen LogP contribution in [0.4, 0.5) is 0 Å². The van der Waals surface area contributed by atoms with Gasteiger partial charge in [0.1, 0.15) is 0 Å². The van der Waals surface area contributed by atoms with Crippen molar-refractivity contribution in [2.45, 2.75) is 19.3 Å². The highest BCUT2D eigenvalue weighted by molar-refractivity contribution is 4.98. The largest absolute Gasteiger partial charge is 0.501 e. The Bertz CT molecular complexity index is 129. The van der Waals surface area contributed by atoms with Gasteiger partial charge in [-0.15, -0.1) is 0 Å². The van der Waals surface area contributed by atoms with Gasteiger partial charge in [0.25, 0.3) is 0 Å². The van der Waals surface area contributed by atoms with E-state index in [1.165, 1.54) is 0 Å². The van der Waals surface area contributed by atoms with Crippen molar-refractivity contribution >= 4 is 0 Å². The minimum absolute atomic E-state index is 0.313. The van der Waals surface area contributed by atoms with E-state index in [0.29, 0.717) is 12.5 Å². The van der Waals surface area contributed by atoms with Crippen molar-refractivity contribution in [2.24, 2.45) is 5.92 Å². The smallest absolute Gasteiger partial charge is 0.0915 e. The topological polar surface area (TPSA) is 29.5 Å². The van der Waals surface area contributed by atoms with Crippen LogP contribution in [0.5, 0.6) is 0 Å². The molecule has 0 fully saturated rings. The molecule has 0 saturated heterocycles. The van der Waals surface area contributed by atoms with Gasteiger partial charge in [0.05, 0.1) is 12.9 Å². The second-order valence-corrected chi connectivity index (χ2v) is 2.70. The lowest BCUT2D eigenvalue weighted by atomic mass is 9.94. The maximum atomic E-state index is 8.78. The van der Waals surface area contributed by atoms with Crippen LogP contribution < -0.4 is 0 Å². The molecule has 10 heavy (non-hydrogen) atoms. The molecule has 0 aliphatic heterocycles. The molecule has 1 rings (SSSR count). The van der Waals surface area contributed by atoms with Crippen LogP contribution in [0.3, 0.4) is 0 Å². The normalized spacial score (nSPS) is 25.8. The van der Waals surface area contributed by atoms with E-state index in [-0.39, 0.29) is 0 Å². The average Bonchev–Trinajstić information content (AvgIpc) is 2.05. The molecule has 1 N–H and O–H groups in total. The van der Waals surface area contributed by atoms with Crippen molar-refractivity contribution < 1.29 is 9.84 Å². The fourth-order valence-corrected chi connectivity index (χ4v) is 1.22. The molecule has 1 aliphatic carbocycles. The number of rotatable bonds is 2. The first-order valence-electron chi connectivity index (χ1n) is 3.70. The summed E-state index contributed by atoms with van der Waals surface area (Å²) in [7, 11) is 1.70. The lowest BCUT2D eigenvalue weighted by Gasteiger charge is -2.18. The van der Waals surface area contributed by atoms with E-state index < -0.39 is 0 Å². The number of ether oxygens (including phenoxy) is 1. The van der Waals surface area contributed by atoms with Gasteiger partial charge in [0.2, 0.25) is 0 Å². The molecule has 0 aromatic carbocycles. The first-order chi connectivity index (χ1) is 4.86. The van der Waals surface area contributed by atoms with Gasteiger partial charge < -0.3 is 9.84 Å². The van der Waals surface area contributed by atoms with E-state index in [1.54, 1.807) is 7.11 Å². The van der Waals surface area contributed by atoms with Crippen molar-refractivity contribution in [3.63, 3.8) is 0 Å². The Morgan fingerprint density at radius 1 is 1.80 bits per heavy atom. The summed E-state index contributed by atoms with van der Waals surface area (Å²) in [6.45, 7) is 0.313. The molecule has 0 saturated carbocycles. The summed E-state index contributed by atoms with van der Waals surface area (Å²) in [6.07, 6.45) is 5.10. The van der Waals surface area contributed by atoms with Crippen molar-refractivity contribution in [3.05, 3.63) is 11.8 Å². The fourth-order valence-electron chi connectivity index (χ4n) is 1.22. The van der Waals surface area contributed by atoms with Crippen molar-refractivity contribution in [1.29, 1.82) is 0 Å². The zero-order chi connectivity index (χ0) is 7.40. The van der Waals surface area contributed by atoms with Crippen LogP contribution in [-0.4, -0.2) is 18.8 Å². The molecule has 2 heteroatoms. The number of hydrogen-bond donors (Lipinski definition) is 1. The van der Waals surface area contributed by atoms with E-state index in [1.807, 2.05) is 0 Å². The van der Waals surface area contributed by atoms with Crippen LogP contribution in [-0.2, 0) is 4.74 Å². The Hall–Kier alpha value is -0.500. The minimum Gasteiger partial charge on any atom is -0.501 e. The highest BCUT2D eigenvalue weighted by Crippen LogP contribution is 2.22. The van der Waals surface area contributed by atoms with Gasteiger partial charge in [0.15, 0.2) is 0 Å². The molecule has 0 spiro atoms. The number of aliphatic hydroxyl groups excluding tert-OH is 1. The number of aliphatic hydroxyl groups is 1. The third-order valence-electron chi connectivity index (χ3n) is 2.00. The van der Waals surface area contributed by atoms with Crippen molar-refractivity contribution in [2.75, 3.05) is 13.7 Å². The van der Waals surface area contributed by atoms with Gasteiger partial charge in [-0.05, 0) is 24.8 Å². The summed E-state index contributed by atoms with van der Waals surface area (Å²) in [5.41, 5.74) is 0. The van der Waals surface area contributed by atoms with E-state index in [4.69, 9.17) is 9.84 Å². The SMILES string of the molecule is COC1=CCC(CO)CC1. The van der Waals surface area contributed by atoms with E-state index in [0.717, 1.165) is 25.0 Å². The molecule has 0 aromatic rings. The van der Waals surface area contributed by atoms with Gasteiger partial charge >= 0.3 is 0 Å². The lowest BCUT2D eigenvalue weighted by Crippen LogP contribution is -2.10. The molecule has 0 heterocycles. The number of allylic oxidation sites excluding steroid dienone is 2. The molecule has 0 bridgehead atoms. The molecular formula is C8H14O2. The van der Waals surface area contributed by atoms with Crippen molar-refractivity contribution in [3.8, 4) is 0 Å². The van der Waals surface area contributed by atoms with Gasteiger partial charge in [-0.2, -0.15) is 0 Å². The molecule has 0 amide bonds. The summed E-state index contributed by atoms with van der Waals surface area (Å²) in [5, 5.41) is 8.78. The molecule has 1 unspecified atom stereocenters. The second-order valence-electron chi connectivity index (χ2n) is 2.70. The average molecular weight is 142 g/mol. The monoisotopic (exact) mass is 142 g/mol. The molecule has 1 aliphatic rings. The Balaban J connectivity index is 2.36. The molecule has 0 aromatic heterocycles. The number of methoxy groups -OCH3 is 1. The first kappa shape index (κ1) is 7.61. The van der Waals surface area contributed by atoms with Crippen LogP contribution in [0.25, 0.3) is 0 Å². The zero-order valence-corrected chi connectivity index (χ0v) is 6.34. The maximum absolute atomic E-state index is 8.78. The third-order valence-corrected chi connectivity index (χ3v) is 2.00. The molecule has 2 nitrogen and oxygen atoms in total. The molecule has 0 radical (unpaired) electrons. The molecule has 1 atom stereocenters. The maximum Gasteiger partial charge on any atom is 0.0915 e. The van der Waals surface area contributed by atoms with E-state index in [9.17, 15) is 0 Å². The Labute approximate surface area is 61.5 Å². The standard InChI is InChI=1S/C8H14O2/c1-10-8-4-2-7(6-9)3-5-8/h4,7,9H,2-3,5-6H2,1H3. The summed E-state index contributed by atoms with van der Waals surface area (Å²) in [4.78, 5) is 0. The Kier molecular flexibility index (Phi) is 2.75. The van der Waals surface area contributed by atoms with Gasteiger partial charge in [-0.25, -0.2) is 0 Å². The summed E-state index contributed by atoms with van der Waals surface area (Å²) < 4.78 is 5.06. The first-order valence-corrected chi connectivity index (χ1v) is 3.70. The predicted octanol–water partition coefficient (Wildman–Crippen LogP) is 1.31.